The Morgan fingerprint density at radius 2 is 2.36 bits per heavy atom. The number of ether oxygens (including phenoxy) is 2. The summed E-state index contributed by atoms with van der Waals surface area (Å²) < 4.78 is 10.2. The molecule has 0 N–H and O–H groups in total. The van der Waals surface area contributed by atoms with Gasteiger partial charge in [-0.05, 0) is 0 Å². The number of esters is 1. The van der Waals surface area contributed by atoms with Crippen molar-refractivity contribution in [2.75, 3.05) is 0 Å². The van der Waals surface area contributed by atoms with Crippen molar-refractivity contribution >= 4 is 12.3 Å². The molecule has 1 heterocycles. The van der Waals surface area contributed by atoms with Crippen LogP contribution in [0.15, 0.2) is 0 Å². The first kappa shape index (κ1) is 10.7. The Hall–Kier alpha value is -1.34. The Morgan fingerprint density at radius 1 is 1.64 bits per heavy atom. The molecule has 1 fully saturated rings. The van der Waals surface area contributed by atoms with E-state index < -0.39 is 12.2 Å². The number of terminal acetylenes is 1. The van der Waals surface area contributed by atoms with Crippen LogP contribution < -0.4 is 0 Å². The van der Waals surface area contributed by atoms with E-state index in [1.54, 1.807) is 0 Å². The van der Waals surface area contributed by atoms with Crippen molar-refractivity contribution in [3.63, 3.8) is 0 Å². The van der Waals surface area contributed by atoms with E-state index in [1.165, 1.54) is 6.92 Å². The van der Waals surface area contributed by atoms with Crippen LogP contribution in [0.1, 0.15) is 19.8 Å². The van der Waals surface area contributed by atoms with Crippen LogP contribution in [0.4, 0.5) is 0 Å². The van der Waals surface area contributed by atoms with Crippen molar-refractivity contribution in [3.8, 4) is 12.3 Å². The summed E-state index contributed by atoms with van der Waals surface area (Å²) in [7, 11) is 0. The zero-order valence-electron chi connectivity index (χ0n) is 7.93. The van der Waals surface area contributed by atoms with Crippen molar-refractivity contribution in [2.24, 2.45) is 0 Å². The average molecular weight is 196 g/mol. The summed E-state index contributed by atoms with van der Waals surface area (Å²) in [5, 5.41) is 0. The lowest BCUT2D eigenvalue weighted by Crippen LogP contribution is -2.37. The highest BCUT2D eigenvalue weighted by molar-refractivity contribution is 5.66. The molecule has 0 aromatic rings. The lowest BCUT2D eigenvalue weighted by atomic mass is 10.0. The predicted octanol–water partition coefficient (Wildman–Crippen LogP) is 0.298. The predicted molar refractivity (Wildman–Crippen MR) is 48.3 cm³/mol. The Morgan fingerprint density at radius 3 is 2.86 bits per heavy atom. The Labute approximate surface area is 82.6 Å². The van der Waals surface area contributed by atoms with Gasteiger partial charge in [0, 0.05) is 19.8 Å². The average Bonchev–Trinajstić information content (AvgIpc) is 2.16. The van der Waals surface area contributed by atoms with E-state index in [-0.39, 0.29) is 12.1 Å². The molecule has 0 aromatic carbocycles. The minimum Gasteiger partial charge on any atom is -0.462 e. The van der Waals surface area contributed by atoms with Crippen LogP contribution in [0, 0.1) is 12.3 Å². The SMILES string of the molecule is C#CC1CC(OC(C)=O)CC(C=O)O1. The van der Waals surface area contributed by atoms with Gasteiger partial charge in [-0.15, -0.1) is 6.42 Å². The molecule has 0 bridgehead atoms. The molecule has 0 saturated carbocycles. The molecule has 3 atom stereocenters. The number of hydrogen-bond acceptors (Lipinski definition) is 4. The molecule has 0 amide bonds. The van der Waals surface area contributed by atoms with Crippen molar-refractivity contribution in [1.82, 2.24) is 0 Å². The summed E-state index contributed by atoms with van der Waals surface area (Å²) in [4.78, 5) is 21.2. The minimum absolute atomic E-state index is 0.308. The summed E-state index contributed by atoms with van der Waals surface area (Å²) in [6.45, 7) is 1.33. The molecule has 4 nitrogen and oxygen atoms in total. The van der Waals surface area contributed by atoms with E-state index in [0.717, 1.165) is 0 Å². The van der Waals surface area contributed by atoms with Crippen LogP contribution in [0.2, 0.25) is 0 Å². The molecule has 1 aliphatic heterocycles. The van der Waals surface area contributed by atoms with Crippen molar-refractivity contribution in [2.45, 2.75) is 38.1 Å². The molecule has 1 saturated heterocycles. The highest BCUT2D eigenvalue weighted by Crippen LogP contribution is 2.20. The van der Waals surface area contributed by atoms with E-state index in [4.69, 9.17) is 15.9 Å². The molecule has 1 aliphatic rings. The Balaban J connectivity index is 2.56. The highest BCUT2D eigenvalue weighted by atomic mass is 16.6. The normalized spacial score (nSPS) is 31.6. The standard InChI is InChI=1S/C10H12O4/c1-3-8-4-9(13-7(2)12)5-10(6-11)14-8/h1,6,8-10H,4-5H2,2H3. The molecule has 3 unspecified atom stereocenters. The first-order chi connectivity index (χ1) is 6.65. The Kier molecular flexibility index (Phi) is 3.66. The van der Waals surface area contributed by atoms with Gasteiger partial charge in [0.2, 0.25) is 0 Å². The number of carbonyl (C=O) groups excluding carboxylic acids is 2. The van der Waals surface area contributed by atoms with Gasteiger partial charge in [0.1, 0.15) is 24.6 Å². The van der Waals surface area contributed by atoms with Crippen LogP contribution in [0.5, 0.6) is 0 Å². The topological polar surface area (TPSA) is 52.6 Å². The summed E-state index contributed by atoms with van der Waals surface area (Å²) in [6, 6.07) is 0. The molecule has 0 aromatic heterocycles. The van der Waals surface area contributed by atoms with Gasteiger partial charge in [-0.2, -0.15) is 0 Å². The van der Waals surface area contributed by atoms with E-state index in [0.29, 0.717) is 19.1 Å². The van der Waals surface area contributed by atoms with Gasteiger partial charge in [-0.3, -0.25) is 4.79 Å². The zero-order valence-corrected chi connectivity index (χ0v) is 7.93. The molecule has 1 rings (SSSR count). The van der Waals surface area contributed by atoms with E-state index in [9.17, 15) is 9.59 Å². The molecular weight excluding hydrogens is 184 g/mol. The van der Waals surface area contributed by atoms with E-state index in [1.807, 2.05) is 0 Å². The molecule has 14 heavy (non-hydrogen) atoms. The summed E-state index contributed by atoms with van der Waals surface area (Å²) in [5.74, 6) is 2.04. The summed E-state index contributed by atoms with van der Waals surface area (Å²) >= 11 is 0. The van der Waals surface area contributed by atoms with Crippen molar-refractivity contribution in [1.29, 1.82) is 0 Å². The van der Waals surface area contributed by atoms with Crippen LogP contribution in [-0.4, -0.2) is 30.6 Å². The minimum atomic E-state index is -0.561. The van der Waals surface area contributed by atoms with Gasteiger partial charge in [-0.1, -0.05) is 5.92 Å². The van der Waals surface area contributed by atoms with Crippen molar-refractivity contribution < 1.29 is 19.1 Å². The summed E-state index contributed by atoms with van der Waals surface area (Å²) in [6.07, 6.45) is 5.40. The van der Waals surface area contributed by atoms with Crippen LogP contribution in [0.25, 0.3) is 0 Å². The smallest absolute Gasteiger partial charge is 0.302 e. The Bertz CT molecular complexity index is 266. The van der Waals surface area contributed by atoms with E-state index >= 15 is 0 Å². The van der Waals surface area contributed by atoms with Crippen LogP contribution in [-0.2, 0) is 19.1 Å². The fourth-order valence-corrected chi connectivity index (χ4v) is 1.44. The first-order valence-corrected chi connectivity index (χ1v) is 4.39. The van der Waals surface area contributed by atoms with Gasteiger partial charge in [0.15, 0.2) is 0 Å². The maximum atomic E-state index is 10.7. The third-order valence-electron chi connectivity index (χ3n) is 1.98. The molecular formula is C10H12O4. The molecule has 0 spiro atoms. The quantitative estimate of drug-likeness (QED) is 0.362. The highest BCUT2D eigenvalue weighted by Gasteiger charge is 2.29. The lowest BCUT2D eigenvalue weighted by molar-refractivity contribution is -0.158. The molecule has 76 valence electrons. The maximum Gasteiger partial charge on any atom is 0.302 e. The van der Waals surface area contributed by atoms with Gasteiger partial charge < -0.3 is 14.3 Å². The maximum absolute atomic E-state index is 10.7. The fourth-order valence-electron chi connectivity index (χ4n) is 1.44. The van der Waals surface area contributed by atoms with Crippen molar-refractivity contribution in [3.05, 3.63) is 0 Å². The molecule has 0 radical (unpaired) electrons. The second-order valence-corrected chi connectivity index (χ2v) is 3.17. The third kappa shape index (κ3) is 2.86. The third-order valence-corrected chi connectivity index (χ3v) is 1.98. The largest absolute Gasteiger partial charge is 0.462 e. The van der Waals surface area contributed by atoms with Gasteiger partial charge >= 0.3 is 5.97 Å². The van der Waals surface area contributed by atoms with Crippen LogP contribution in [0.3, 0.4) is 0 Å². The van der Waals surface area contributed by atoms with Gasteiger partial charge in [0.25, 0.3) is 0 Å². The van der Waals surface area contributed by atoms with E-state index in [2.05, 4.69) is 5.92 Å². The molecule has 0 aliphatic carbocycles. The number of aldehydes is 1. The number of rotatable bonds is 2. The van der Waals surface area contributed by atoms with Gasteiger partial charge in [-0.25, -0.2) is 0 Å². The monoisotopic (exact) mass is 196 g/mol. The number of hydrogen-bond donors (Lipinski definition) is 0. The lowest BCUT2D eigenvalue weighted by Gasteiger charge is -2.29. The summed E-state index contributed by atoms with van der Waals surface area (Å²) in [5.41, 5.74) is 0. The number of carbonyl (C=O) groups is 2. The second-order valence-electron chi connectivity index (χ2n) is 3.17. The first-order valence-electron chi connectivity index (χ1n) is 4.39. The molecule has 4 heteroatoms. The van der Waals surface area contributed by atoms with Crippen LogP contribution >= 0.6 is 0 Å². The second kappa shape index (κ2) is 4.77. The zero-order chi connectivity index (χ0) is 10.6. The van der Waals surface area contributed by atoms with Gasteiger partial charge in [0.05, 0.1) is 0 Å². The fraction of sp³-hybridized carbons (Fsp3) is 0.600.